The molecule has 16 heavy (non-hydrogen) atoms. The Kier molecular flexibility index (Phi) is 7.54. The topological polar surface area (TPSA) is 55.8 Å². The lowest BCUT2D eigenvalue weighted by Gasteiger charge is -2.22. The van der Waals surface area contributed by atoms with Crippen LogP contribution < -0.4 is 0 Å². The van der Waals surface area contributed by atoms with Crippen LogP contribution in [0, 0.1) is 0 Å². The highest BCUT2D eigenvalue weighted by molar-refractivity contribution is 5.75. The fourth-order valence-corrected chi connectivity index (χ4v) is 1.14. The molecule has 0 spiro atoms. The van der Waals surface area contributed by atoms with Crippen LogP contribution in [0.2, 0.25) is 0 Å². The number of carbonyl (C=O) groups is 2. The van der Waals surface area contributed by atoms with Crippen molar-refractivity contribution in [2.75, 3.05) is 26.8 Å². The van der Waals surface area contributed by atoms with Gasteiger partial charge in [-0.25, -0.2) is 0 Å². The van der Waals surface area contributed by atoms with E-state index in [2.05, 4.69) is 0 Å². The summed E-state index contributed by atoms with van der Waals surface area (Å²) in [6.07, 6.45) is 0.286. The molecular weight excluding hydrogens is 210 g/mol. The average Bonchev–Trinajstić information content (AvgIpc) is 2.25. The minimum absolute atomic E-state index is 0.245. The van der Waals surface area contributed by atoms with Crippen LogP contribution in [0.25, 0.3) is 0 Å². The third-order valence-corrected chi connectivity index (χ3v) is 2.26. The van der Waals surface area contributed by atoms with Gasteiger partial charge in [0, 0.05) is 6.54 Å². The van der Waals surface area contributed by atoms with E-state index in [4.69, 9.17) is 9.47 Å². The first kappa shape index (κ1) is 14.9. The van der Waals surface area contributed by atoms with E-state index in [1.165, 1.54) is 0 Å². The van der Waals surface area contributed by atoms with Crippen molar-refractivity contribution in [2.45, 2.75) is 33.2 Å². The monoisotopic (exact) mass is 231 g/mol. The van der Waals surface area contributed by atoms with Gasteiger partial charge in [-0.3, -0.25) is 14.5 Å². The summed E-state index contributed by atoms with van der Waals surface area (Å²) in [5.41, 5.74) is 0. The maximum absolute atomic E-state index is 11.4. The third kappa shape index (κ3) is 5.70. The Morgan fingerprint density at radius 3 is 2.25 bits per heavy atom. The van der Waals surface area contributed by atoms with E-state index >= 15 is 0 Å². The zero-order valence-electron chi connectivity index (χ0n) is 10.5. The van der Waals surface area contributed by atoms with Crippen LogP contribution in [0.4, 0.5) is 0 Å². The van der Waals surface area contributed by atoms with E-state index in [-0.39, 0.29) is 24.4 Å². The van der Waals surface area contributed by atoms with Crippen molar-refractivity contribution in [1.82, 2.24) is 4.90 Å². The molecule has 0 saturated heterocycles. The maximum atomic E-state index is 11.4. The molecule has 0 N–H and O–H groups in total. The van der Waals surface area contributed by atoms with Crippen LogP contribution in [0.15, 0.2) is 0 Å². The SMILES string of the molecule is CCOC(=O)CCN(C)C(C)C(=O)OCC. The molecule has 5 nitrogen and oxygen atoms in total. The van der Waals surface area contributed by atoms with E-state index in [9.17, 15) is 9.59 Å². The van der Waals surface area contributed by atoms with Gasteiger partial charge in [0.05, 0.1) is 19.6 Å². The first-order chi connectivity index (χ1) is 7.52. The number of esters is 2. The lowest BCUT2D eigenvalue weighted by Crippen LogP contribution is -2.38. The number of hydrogen-bond acceptors (Lipinski definition) is 5. The molecule has 0 aromatic carbocycles. The molecule has 5 heteroatoms. The summed E-state index contributed by atoms with van der Waals surface area (Å²) in [6, 6.07) is -0.339. The number of hydrogen-bond donors (Lipinski definition) is 0. The van der Waals surface area contributed by atoms with Gasteiger partial charge in [-0.2, -0.15) is 0 Å². The molecule has 1 atom stereocenters. The molecule has 0 aromatic rings. The first-order valence-electron chi connectivity index (χ1n) is 5.55. The molecule has 0 aliphatic heterocycles. The summed E-state index contributed by atoms with van der Waals surface area (Å²) in [5, 5.41) is 0. The normalized spacial score (nSPS) is 12.3. The molecular formula is C11H21NO4. The molecule has 0 amide bonds. The number of carbonyl (C=O) groups excluding carboxylic acids is 2. The molecule has 1 unspecified atom stereocenters. The van der Waals surface area contributed by atoms with E-state index in [1.807, 2.05) is 0 Å². The Morgan fingerprint density at radius 1 is 1.19 bits per heavy atom. The van der Waals surface area contributed by atoms with Crippen molar-refractivity contribution in [3.8, 4) is 0 Å². The Hall–Kier alpha value is -1.10. The van der Waals surface area contributed by atoms with Crippen LogP contribution in [0.1, 0.15) is 27.2 Å². The highest BCUT2D eigenvalue weighted by Gasteiger charge is 2.19. The molecule has 0 rings (SSSR count). The molecule has 0 bridgehead atoms. The van der Waals surface area contributed by atoms with Crippen LogP contribution in [-0.4, -0.2) is 49.7 Å². The molecule has 0 aromatic heterocycles. The zero-order valence-corrected chi connectivity index (χ0v) is 10.5. The highest BCUT2D eigenvalue weighted by atomic mass is 16.5. The van der Waals surface area contributed by atoms with E-state index in [0.29, 0.717) is 19.8 Å². The van der Waals surface area contributed by atoms with E-state index in [1.54, 1.807) is 32.7 Å². The second-order valence-electron chi connectivity index (χ2n) is 3.46. The Balaban J connectivity index is 3.91. The average molecular weight is 231 g/mol. The van der Waals surface area contributed by atoms with Gasteiger partial charge in [-0.1, -0.05) is 0 Å². The molecule has 0 fully saturated rings. The van der Waals surface area contributed by atoms with Crippen molar-refractivity contribution in [3.05, 3.63) is 0 Å². The zero-order chi connectivity index (χ0) is 12.6. The molecule has 0 saturated carbocycles. The standard InChI is InChI=1S/C11H21NO4/c1-5-15-10(13)7-8-12(4)9(3)11(14)16-6-2/h9H,5-8H2,1-4H3. The van der Waals surface area contributed by atoms with E-state index < -0.39 is 0 Å². The lowest BCUT2D eigenvalue weighted by molar-refractivity contribution is -0.150. The minimum atomic E-state index is -0.339. The van der Waals surface area contributed by atoms with Crippen molar-refractivity contribution >= 4 is 11.9 Å². The summed E-state index contributed by atoms with van der Waals surface area (Å²) in [6.45, 7) is 6.53. The van der Waals surface area contributed by atoms with Crippen molar-refractivity contribution < 1.29 is 19.1 Å². The largest absolute Gasteiger partial charge is 0.466 e. The minimum Gasteiger partial charge on any atom is -0.466 e. The van der Waals surface area contributed by atoms with Gasteiger partial charge in [-0.15, -0.1) is 0 Å². The summed E-state index contributed by atoms with van der Waals surface area (Å²) in [7, 11) is 1.78. The van der Waals surface area contributed by atoms with E-state index in [0.717, 1.165) is 0 Å². The second-order valence-corrected chi connectivity index (χ2v) is 3.46. The van der Waals surface area contributed by atoms with Crippen LogP contribution in [0.5, 0.6) is 0 Å². The van der Waals surface area contributed by atoms with Gasteiger partial charge in [0.2, 0.25) is 0 Å². The maximum Gasteiger partial charge on any atom is 0.323 e. The van der Waals surface area contributed by atoms with Gasteiger partial charge in [0.1, 0.15) is 6.04 Å². The summed E-state index contributed by atoms with van der Waals surface area (Å²) < 4.78 is 9.68. The Morgan fingerprint density at radius 2 is 1.75 bits per heavy atom. The summed E-state index contributed by atoms with van der Waals surface area (Å²) >= 11 is 0. The number of nitrogens with zero attached hydrogens (tertiary/aromatic N) is 1. The predicted molar refractivity (Wildman–Crippen MR) is 60.0 cm³/mol. The van der Waals surface area contributed by atoms with Crippen molar-refractivity contribution in [2.24, 2.45) is 0 Å². The van der Waals surface area contributed by atoms with Gasteiger partial charge >= 0.3 is 11.9 Å². The van der Waals surface area contributed by atoms with Crippen molar-refractivity contribution in [3.63, 3.8) is 0 Å². The molecule has 94 valence electrons. The molecule has 0 aliphatic rings. The van der Waals surface area contributed by atoms with Crippen LogP contribution >= 0.6 is 0 Å². The Bertz CT molecular complexity index is 230. The van der Waals surface area contributed by atoms with Gasteiger partial charge in [-0.05, 0) is 27.8 Å². The van der Waals surface area contributed by atoms with Gasteiger partial charge < -0.3 is 9.47 Å². The Labute approximate surface area is 96.7 Å². The van der Waals surface area contributed by atoms with Gasteiger partial charge in [0.15, 0.2) is 0 Å². The van der Waals surface area contributed by atoms with Gasteiger partial charge in [0.25, 0.3) is 0 Å². The molecule has 0 aliphatic carbocycles. The summed E-state index contributed by atoms with van der Waals surface area (Å²) in [5.74, 6) is -0.515. The first-order valence-corrected chi connectivity index (χ1v) is 5.55. The van der Waals surface area contributed by atoms with Crippen LogP contribution in [-0.2, 0) is 19.1 Å². The third-order valence-electron chi connectivity index (χ3n) is 2.26. The summed E-state index contributed by atoms with van der Waals surface area (Å²) in [4.78, 5) is 24.2. The quantitative estimate of drug-likeness (QED) is 0.607. The smallest absolute Gasteiger partial charge is 0.323 e. The number of rotatable bonds is 7. The van der Waals surface area contributed by atoms with Crippen molar-refractivity contribution in [1.29, 1.82) is 0 Å². The predicted octanol–water partition coefficient (Wildman–Crippen LogP) is 0.823. The highest BCUT2D eigenvalue weighted by Crippen LogP contribution is 2.00. The number of likely N-dealkylation sites (N-methyl/N-ethyl adjacent to an activating group) is 1. The lowest BCUT2D eigenvalue weighted by atomic mass is 10.3. The fraction of sp³-hybridized carbons (Fsp3) is 0.818. The fourth-order valence-electron chi connectivity index (χ4n) is 1.14. The second kappa shape index (κ2) is 8.10. The molecule has 0 heterocycles. The van der Waals surface area contributed by atoms with Crippen LogP contribution in [0.3, 0.4) is 0 Å². The molecule has 0 radical (unpaired) electrons. The number of ether oxygens (including phenoxy) is 2.